The number of fused-ring (bicyclic) bond motifs is 1. The fraction of sp³-hybridized carbons (Fsp3) is 0.500. The van der Waals surface area contributed by atoms with Crippen LogP contribution >= 0.6 is 11.3 Å². The minimum atomic E-state index is 0.445. The molecule has 0 fully saturated rings. The number of nitrogens with zero attached hydrogens (tertiary/aromatic N) is 2. The van der Waals surface area contributed by atoms with E-state index in [0.717, 1.165) is 11.6 Å². The van der Waals surface area contributed by atoms with E-state index in [-0.39, 0.29) is 0 Å². The van der Waals surface area contributed by atoms with Gasteiger partial charge in [-0.3, -0.25) is 4.98 Å². The van der Waals surface area contributed by atoms with Crippen molar-refractivity contribution in [2.45, 2.75) is 45.6 Å². The molecule has 3 nitrogen and oxygen atoms in total. The second-order valence-corrected chi connectivity index (χ2v) is 6.50. The predicted molar refractivity (Wildman–Crippen MR) is 84.1 cm³/mol. The molecule has 1 atom stereocenters. The maximum absolute atomic E-state index is 4.93. The van der Waals surface area contributed by atoms with Crippen LogP contribution in [0.15, 0.2) is 18.5 Å². The number of aryl methyl sites for hydroxylation is 2. The highest BCUT2D eigenvalue weighted by atomic mass is 32.1. The number of rotatable bonds is 4. The van der Waals surface area contributed by atoms with Gasteiger partial charge in [-0.25, -0.2) is 4.98 Å². The van der Waals surface area contributed by atoms with E-state index in [0.29, 0.717) is 6.04 Å². The molecule has 3 rings (SSSR count). The Morgan fingerprint density at radius 2 is 2.35 bits per heavy atom. The molecule has 2 aromatic heterocycles. The van der Waals surface area contributed by atoms with Crippen molar-refractivity contribution in [3.63, 3.8) is 0 Å². The maximum Gasteiger partial charge on any atom is 0.125 e. The van der Waals surface area contributed by atoms with Gasteiger partial charge in [0.2, 0.25) is 0 Å². The summed E-state index contributed by atoms with van der Waals surface area (Å²) in [5.41, 5.74) is 3.72. The Balaban J connectivity index is 1.93. The molecular weight excluding hydrogens is 266 g/mol. The predicted octanol–water partition coefficient (Wildman–Crippen LogP) is 3.89. The van der Waals surface area contributed by atoms with E-state index in [1.54, 1.807) is 0 Å². The summed E-state index contributed by atoms with van der Waals surface area (Å²) in [5, 5.41) is 4.77. The van der Waals surface area contributed by atoms with Crippen LogP contribution in [0.1, 0.15) is 48.4 Å². The van der Waals surface area contributed by atoms with Crippen LogP contribution in [0.3, 0.4) is 0 Å². The Bertz CT molecular complexity index is 591. The summed E-state index contributed by atoms with van der Waals surface area (Å²) in [6.45, 7) is 5.41. The molecule has 0 saturated carbocycles. The third-order valence-electron chi connectivity index (χ3n) is 3.86. The number of aromatic nitrogens is 2. The summed E-state index contributed by atoms with van der Waals surface area (Å²) < 4.78 is 0. The van der Waals surface area contributed by atoms with Crippen LogP contribution in [0.5, 0.6) is 0 Å². The molecule has 4 heteroatoms. The van der Waals surface area contributed by atoms with Gasteiger partial charge in [0.15, 0.2) is 0 Å². The zero-order valence-corrected chi connectivity index (χ0v) is 13.0. The molecule has 106 valence electrons. The van der Waals surface area contributed by atoms with Gasteiger partial charge in [-0.05, 0) is 50.8 Å². The molecule has 1 N–H and O–H groups in total. The largest absolute Gasteiger partial charge is 0.309 e. The Morgan fingerprint density at radius 3 is 3.15 bits per heavy atom. The maximum atomic E-state index is 4.93. The number of thiazole rings is 1. The zero-order valence-electron chi connectivity index (χ0n) is 12.1. The molecular formula is C16H21N3S. The fourth-order valence-corrected chi connectivity index (χ4v) is 3.98. The molecule has 0 aliphatic heterocycles. The van der Waals surface area contributed by atoms with Crippen LogP contribution < -0.4 is 5.32 Å². The molecule has 0 radical (unpaired) electrons. The van der Waals surface area contributed by atoms with Crippen LogP contribution in [0.4, 0.5) is 0 Å². The van der Waals surface area contributed by atoms with Crippen molar-refractivity contribution in [2.24, 2.45) is 0 Å². The SMILES string of the molecule is CCCNC1CCCc2sc(-c3cnccc3C)nc21. The topological polar surface area (TPSA) is 37.8 Å². The highest BCUT2D eigenvalue weighted by Crippen LogP contribution is 2.37. The minimum absolute atomic E-state index is 0.445. The van der Waals surface area contributed by atoms with Crippen LogP contribution in [0, 0.1) is 6.92 Å². The van der Waals surface area contributed by atoms with Gasteiger partial charge < -0.3 is 5.32 Å². The van der Waals surface area contributed by atoms with E-state index in [1.807, 2.05) is 23.7 Å². The highest BCUT2D eigenvalue weighted by Gasteiger charge is 2.24. The summed E-state index contributed by atoms with van der Waals surface area (Å²) in [7, 11) is 0. The third kappa shape index (κ3) is 2.63. The van der Waals surface area contributed by atoms with E-state index < -0.39 is 0 Å². The first-order chi connectivity index (χ1) is 9.79. The van der Waals surface area contributed by atoms with E-state index in [2.05, 4.69) is 30.2 Å². The molecule has 0 saturated heterocycles. The fourth-order valence-electron chi connectivity index (χ4n) is 2.74. The van der Waals surface area contributed by atoms with Gasteiger partial charge in [-0.15, -0.1) is 11.3 Å². The van der Waals surface area contributed by atoms with Gasteiger partial charge in [0, 0.05) is 22.8 Å². The van der Waals surface area contributed by atoms with Crippen LogP contribution in [-0.4, -0.2) is 16.5 Å². The van der Waals surface area contributed by atoms with Crippen molar-refractivity contribution in [2.75, 3.05) is 6.54 Å². The molecule has 1 aliphatic rings. The average molecular weight is 287 g/mol. The normalized spacial score (nSPS) is 18.0. The second kappa shape index (κ2) is 6.02. The molecule has 0 aromatic carbocycles. The number of pyridine rings is 1. The zero-order chi connectivity index (χ0) is 13.9. The van der Waals surface area contributed by atoms with Crippen molar-refractivity contribution in [1.29, 1.82) is 0 Å². The first-order valence-corrected chi connectivity index (χ1v) is 8.25. The van der Waals surface area contributed by atoms with Crippen molar-refractivity contribution < 1.29 is 0 Å². The Kier molecular flexibility index (Phi) is 4.13. The standard InChI is InChI=1S/C16H21N3S/c1-3-8-18-13-5-4-6-14-15(13)19-16(20-14)12-10-17-9-7-11(12)2/h7,9-10,13,18H,3-6,8H2,1-2H3. The summed E-state index contributed by atoms with van der Waals surface area (Å²) in [5.74, 6) is 0. The van der Waals surface area contributed by atoms with E-state index in [1.165, 1.54) is 47.4 Å². The first-order valence-electron chi connectivity index (χ1n) is 7.43. The van der Waals surface area contributed by atoms with Crippen molar-refractivity contribution >= 4 is 11.3 Å². The van der Waals surface area contributed by atoms with E-state index in [9.17, 15) is 0 Å². The Morgan fingerprint density at radius 1 is 1.45 bits per heavy atom. The summed E-state index contributed by atoms with van der Waals surface area (Å²) >= 11 is 1.85. The Hall–Kier alpha value is -1.26. The third-order valence-corrected chi connectivity index (χ3v) is 5.03. The second-order valence-electron chi connectivity index (χ2n) is 5.42. The Labute approximate surface area is 124 Å². The molecule has 0 spiro atoms. The molecule has 2 aromatic rings. The highest BCUT2D eigenvalue weighted by molar-refractivity contribution is 7.15. The molecule has 20 heavy (non-hydrogen) atoms. The number of hydrogen-bond donors (Lipinski definition) is 1. The lowest BCUT2D eigenvalue weighted by Gasteiger charge is -2.22. The minimum Gasteiger partial charge on any atom is -0.309 e. The van der Waals surface area contributed by atoms with Crippen molar-refractivity contribution in [1.82, 2.24) is 15.3 Å². The smallest absolute Gasteiger partial charge is 0.125 e. The summed E-state index contributed by atoms with van der Waals surface area (Å²) in [4.78, 5) is 10.6. The number of nitrogens with one attached hydrogen (secondary N) is 1. The van der Waals surface area contributed by atoms with Crippen LogP contribution in [0.25, 0.3) is 10.6 Å². The van der Waals surface area contributed by atoms with Crippen molar-refractivity contribution in [3.05, 3.63) is 34.6 Å². The first kappa shape index (κ1) is 13.7. The van der Waals surface area contributed by atoms with Gasteiger partial charge >= 0.3 is 0 Å². The van der Waals surface area contributed by atoms with E-state index >= 15 is 0 Å². The van der Waals surface area contributed by atoms with Gasteiger partial charge in [0.05, 0.1) is 11.7 Å². The monoisotopic (exact) mass is 287 g/mol. The van der Waals surface area contributed by atoms with Gasteiger partial charge in [0.1, 0.15) is 5.01 Å². The molecule has 2 heterocycles. The van der Waals surface area contributed by atoms with Crippen molar-refractivity contribution in [3.8, 4) is 10.6 Å². The van der Waals surface area contributed by atoms with Gasteiger partial charge in [0.25, 0.3) is 0 Å². The average Bonchev–Trinajstić information content (AvgIpc) is 2.89. The molecule has 1 unspecified atom stereocenters. The number of hydrogen-bond acceptors (Lipinski definition) is 4. The lowest BCUT2D eigenvalue weighted by molar-refractivity contribution is 0.454. The van der Waals surface area contributed by atoms with Gasteiger partial charge in [-0.2, -0.15) is 0 Å². The molecule has 0 bridgehead atoms. The molecule has 1 aliphatic carbocycles. The summed E-state index contributed by atoms with van der Waals surface area (Å²) in [6.07, 6.45) is 8.61. The lowest BCUT2D eigenvalue weighted by atomic mass is 9.97. The quantitative estimate of drug-likeness (QED) is 0.927. The van der Waals surface area contributed by atoms with Crippen LogP contribution in [-0.2, 0) is 6.42 Å². The molecule has 0 amide bonds. The summed E-state index contributed by atoms with van der Waals surface area (Å²) in [6, 6.07) is 2.50. The van der Waals surface area contributed by atoms with E-state index in [4.69, 9.17) is 4.98 Å². The van der Waals surface area contributed by atoms with Gasteiger partial charge in [-0.1, -0.05) is 6.92 Å². The van der Waals surface area contributed by atoms with Crippen LogP contribution in [0.2, 0.25) is 0 Å². The lowest BCUT2D eigenvalue weighted by Crippen LogP contribution is -2.25.